The summed E-state index contributed by atoms with van der Waals surface area (Å²) < 4.78 is 8.23. The fourth-order valence-electron chi connectivity index (χ4n) is 2.01. The number of hydrazine groups is 1. The minimum Gasteiger partial charge on any atom is -0.469 e. The van der Waals surface area contributed by atoms with Crippen molar-refractivity contribution in [2.24, 2.45) is 12.9 Å². The van der Waals surface area contributed by atoms with E-state index in [4.69, 9.17) is 10.3 Å². The van der Waals surface area contributed by atoms with E-state index < -0.39 is 0 Å². The standard InChI is InChI=1S/C12H17BrN4O/c1-7-4-9(6-18-7)10(15-14)5-11-12(13)8(2)16-17(11)3/h4,6,10,15H,5,14H2,1-3H3. The molecule has 0 aliphatic rings. The maximum absolute atomic E-state index is 5.63. The molecule has 1 atom stereocenters. The van der Waals surface area contributed by atoms with Gasteiger partial charge in [-0.2, -0.15) is 5.10 Å². The second-order valence-corrected chi connectivity index (χ2v) is 5.18. The maximum Gasteiger partial charge on any atom is 0.101 e. The van der Waals surface area contributed by atoms with Crippen LogP contribution in [-0.4, -0.2) is 9.78 Å². The zero-order valence-corrected chi connectivity index (χ0v) is 12.3. The second-order valence-electron chi connectivity index (χ2n) is 4.38. The molecule has 0 aromatic carbocycles. The highest BCUT2D eigenvalue weighted by molar-refractivity contribution is 9.10. The van der Waals surface area contributed by atoms with Gasteiger partial charge in [-0.15, -0.1) is 0 Å². The lowest BCUT2D eigenvalue weighted by Crippen LogP contribution is -2.30. The number of hydrogen-bond donors (Lipinski definition) is 2. The number of nitrogens with one attached hydrogen (secondary N) is 1. The van der Waals surface area contributed by atoms with Crippen LogP contribution < -0.4 is 11.3 Å². The summed E-state index contributed by atoms with van der Waals surface area (Å²) in [6, 6.07) is 2.00. The summed E-state index contributed by atoms with van der Waals surface area (Å²) in [7, 11) is 1.93. The molecule has 0 spiro atoms. The smallest absolute Gasteiger partial charge is 0.101 e. The molecule has 0 aliphatic heterocycles. The highest BCUT2D eigenvalue weighted by atomic mass is 79.9. The molecule has 2 heterocycles. The Labute approximate surface area is 114 Å². The van der Waals surface area contributed by atoms with Gasteiger partial charge in [0.2, 0.25) is 0 Å². The molecular formula is C12H17BrN4O. The molecule has 98 valence electrons. The molecule has 2 rings (SSSR count). The third kappa shape index (κ3) is 2.50. The Balaban J connectivity index is 2.25. The second kappa shape index (κ2) is 5.26. The third-order valence-electron chi connectivity index (χ3n) is 3.01. The molecule has 2 aromatic heterocycles. The summed E-state index contributed by atoms with van der Waals surface area (Å²) in [5, 5.41) is 4.37. The quantitative estimate of drug-likeness (QED) is 0.670. The Morgan fingerprint density at radius 3 is 2.72 bits per heavy atom. The number of aromatic nitrogens is 2. The van der Waals surface area contributed by atoms with Gasteiger partial charge in [0.25, 0.3) is 0 Å². The van der Waals surface area contributed by atoms with Crippen molar-refractivity contribution < 1.29 is 4.42 Å². The van der Waals surface area contributed by atoms with Crippen LogP contribution in [0.4, 0.5) is 0 Å². The lowest BCUT2D eigenvalue weighted by atomic mass is 10.1. The highest BCUT2D eigenvalue weighted by Gasteiger charge is 2.18. The number of rotatable bonds is 4. The van der Waals surface area contributed by atoms with Gasteiger partial charge in [-0.3, -0.25) is 16.0 Å². The fraction of sp³-hybridized carbons (Fsp3) is 0.417. The van der Waals surface area contributed by atoms with E-state index in [1.807, 2.05) is 31.6 Å². The first-order chi connectivity index (χ1) is 8.52. The number of hydrogen-bond acceptors (Lipinski definition) is 4. The van der Waals surface area contributed by atoms with Gasteiger partial charge in [-0.05, 0) is 35.8 Å². The summed E-state index contributed by atoms with van der Waals surface area (Å²) in [5.41, 5.74) is 5.95. The summed E-state index contributed by atoms with van der Waals surface area (Å²) in [4.78, 5) is 0. The molecule has 0 saturated carbocycles. The van der Waals surface area contributed by atoms with Crippen molar-refractivity contribution in [1.29, 1.82) is 0 Å². The lowest BCUT2D eigenvalue weighted by molar-refractivity contribution is 0.503. The normalized spacial score (nSPS) is 12.9. The van der Waals surface area contributed by atoms with E-state index in [2.05, 4.69) is 26.5 Å². The van der Waals surface area contributed by atoms with E-state index in [-0.39, 0.29) is 6.04 Å². The zero-order chi connectivity index (χ0) is 13.3. The van der Waals surface area contributed by atoms with Crippen LogP contribution in [0.2, 0.25) is 0 Å². The van der Waals surface area contributed by atoms with Gasteiger partial charge in [0.05, 0.1) is 28.2 Å². The molecule has 0 fully saturated rings. The van der Waals surface area contributed by atoms with Gasteiger partial charge in [0, 0.05) is 19.0 Å². The molecule has 0 amide bonds. The lowest BCUT2D eigenvalue weighted by Gasteiger charge is -2.14. The van der Waals surface area contributed by atoms with Crippen LogP contribution in [0.1, 0.15) is 28.8 Å². The topological polar surface area (TPSA) is 69.0 Å². The predicted molar refractivity (Wildman–Crippen MR) is 72.9 cm³/mol. The van der Waals surface area contributed by atoms with E-state index in [1.165, 1.54) is 0 Å². The van der Waals surface area contributed by atoms with Gasteiger partial charge < -0.3 is 4.42 Å². The number of halogens is 1. The number of nitrogens with zero attached hydrogens (tertiary/aromatic N) is 2. The van der Waals surface area contributed by atoms with Crippen LogP contribution in [0.3, 0.4) is 0 Å². The van der Waals surface area contributed by atoms with Crippen LogP contribution in [0.25, 0.3) is 0 Å². The SMILES string of the molecule is Cc1cc(C(Cc2c(Br)c(C)nn2C)NN)co1. The molecule has 18 heavy (non-hydrogen) atoms. The van der Waals surface area contributed by atoms with Crippen molar-refractivity contribution in [3.8, 4) is 0 Å². The summed E-state index contributed by atoms with van der Waals surface area (Å²) in [5.74, 6) is 6.51. The summed E-state index contributed by atoms with van der Waals surface area (Å²) >= 11 is 3.56. The fourth-order valence-corrected chi connectivity index (χ4v) is 2.51. The Kier molecular flexibility index (Phi) is 3.89. The van der Waals surface area contributed by atoms with E-state index in [0.717, 1.165) is 33.6 Å². The first-order valence-corrected chi connectivity index (χ1v) is 6.51. The van der Waals surface area contributed by atoms with E-state index >= 15 is 0 Å². The Bertz CT molecular complexity index is 546. The van der Waals surface area contributed by atoms with Gasteiger partial charge in [0.1, 0.15) is 5.76 Å². The highest BCUT2D eigenvalue weighted by Crippen LogP contribution is 2.26. The zero-order valence-electron chi connectivity index (χ0n) is 10.7. The first kappa shape index (κ1) is 13.3. The number of furan rings is 1. The number of aryl methyl sites for hydroxylation is 3. The van der Waals surface area contributed by atoms with Gasteiger partial charge >= 0.3 is 0 Å². The molecule has 6 heteroatoms. The summed E-state index contributed by atoms with van der Waals surface area (Å²) in [6.45, 7) is 3.89. The van der Waals surface area contributed by atoms with E-state index in [1.54, 1.807) is 6.26 Å². The van der Waals surface area contributed by atoms with Crippen molar-refractivity contribution >= 4 is 15.9 Å². The minimum absolute atomic E-state index is 0.00792. The molecule has 0 aliphatic carbocycles. The van der Waals surface area contributed by atoms with Crippen LogP contribution in [0, 0.1) is 13.8 Å². The summed E-state index contributed by atoms with van der Waals surface area (Å²) in [6.07, 6.45) is 2.48. The maximum atomic E-state index is 5.63. The predicted octanol–water partition coefficient (Wildman–Crippen LogP) is 2.14. The molecule has 2 aromatic rings. The third-order valence-corrected chi connectivity index (χ3v) is 4.05. The molecule has 5 nitrogen and oxygen atoms in total. The van der Waals surface area contributed by atoms with E-state index in [0.29, 0.717) is 0 Å². The van der Waals surface area contributed by atoms with Crippen molar-refractivity contribution in [1.82, 2.24) is 15.2 Å². The minimum atomic E-state index is 0.00792. The van der Waals surface area contributed by atoms with Crippen molar-refractivity contribution in [3.63, 3.8) is 0 Å². The van der Waals surface area contributed by atoms with Gasteiger partial charge in [0.15, 0.2) is 0 Å². The molecular weight excluding hydrogens is 296 g/mol. The average molecular weight is 313 g/mol. The van der Waals surface area contributed by atoms with Gasteiger partial charge in [-0.1, -0.05) is 0 Å². The molecule has 0 radical (unpaired) electrons. The molecule has 0 bridgehead atoms. The molecule has 1 unspecified atom stereocenters. The number of nitrogens with two attached hydrogens (primary N) is 1. The van der Waals surface area contributed by atoms with Crippen molar-refractivity contribution in [2.75, 3.05) is 0 Å². The largest absolute Gasteiger partial charge is 0.469 e. The Morgan fingerprint density at radius 2 is 2.28 bits per heavy atom. The first-order valence-electron chi connectivity index (χ1n) is 5.72. The van der Waals surface area contributed by atoms with Crippen LogP contribution in [0.15, 0.2) is 21.2 Å². The Hall–Kier alpha value is -1.11. The van der Waals surface area contributed by atoms with E-state index in [9.17, 15) is 0 Å². The monoisotopic (exact) mass is 312 g/mol. The van der Waals surface area contributed by atoms with Crippen LogP contribution in [-0.2, 0) is 13.5 Å². The molecule has 3 N–H and O–H groups in total. The van der Waals surface area contributed by atoms with Crippen molar-refractivity contribution in [2.45, 2.75) is 26.3 Å². The van der Waals surface area contributed by atoms with Crippen molar-refractivity contribution in [3.05, 3.63) is 39.5 Å². The Morgan fingerprint density at radius 1 is 1.56 bits per heavy atom. The van der Waals surface area contributed by atoms with Gasteiger partial charge in [-0.25, -0.2) is 0 Å². The average Bonchev–Trinajstić information content (AvgIpc) is 2.84. The molecule has 0 saturated heterocycles. The van der Waals surface area contributed by atoms with Crippen LogP contribution >= 0.6 is 15.9 Å². The van der Waals surface area contributed by atoms with Crippen LogP contribution in [0.5, 0.6) is 0 Å².